The average Bonchev–Trinajstić information content (AvgIpc) is 2.81. The first kappa shape index (κ1) is 14.0. The molecule has 0 saturated carbocycles. The number of nitrogens with one attached hydrogen (secondary N) is 1. The summed E-state index contributed by atoms with van der Waals surface area (Å²) in [6, 6.07) is 5.83. The van der Waals surface area contributed by atoms with Gasteiger partial charge in [0.2, 0.25) is 0 Å². The highest BCUT2D eigenvalue weighted by Gasteiger charge is 2.19. The molecule has 20 heavy (non-hydrogen) atoms. The quantitative estimate of drug-likeness (QED) is 0.824. The second kappa shape index (κ2) is 6.17. The largest absolute Gasteiger partial charge is 0.396 e. The molecule has 102 valence electrons. The zero-order valence-electron chi connectivity index (χ0n) is 11.0. The van der Waals surface area contributed by atoms with Gasteiger partial charge in [0.15, 0.2) is 5.78 Å². The lowest BCUT2D eigenvalue weighted by Crippen LogP contribution is -2.00. The van der Waals surface area contributed by atoms with Crippen molar-refractivity contribution in [1.29, 1.82) is 5.26 Å². The van der Waals surface area contributed by atoms with Crippen LogP contribution in [0.1, 0.15) is 34.1 Å². The third kappa shape index (κ3) is 2.78. The lowest BCUT2D eigenvalue weighted by Gasteiger charge is -2.03. The summed E-state index contributed by atoms with van der Waals surface area (Å²) in [6.45, 7) is 2.30. The van der Waals surface area contributed by atoms with Crippen LogP contribution in [0.2, 0.25) is 0 Å². The second-order valence-corrected chi connectivity index (χ2v) is 5.17. The topological polar surface area (TPSA) is 91.8 Å². The van der Waals surface area contributed by atoms with Gasteiger partial charge in [-0.25, -0.2) is 0 Å². The van der Waals surface area contributed by atoms with Gasteiger partial charge in [-0.1, -0.05) is 13.0 Å². The predicted molar refractivity (Wildman–Crippen MR) is 79.6 cm³/mol. The Morgan fingerprint density at radius 3 is 3.00 bits per heavy atom. The van der Waals surface area contributed by atoms with E-state index in [4.69, 9.17) is 5.73 Å². The molecular formula is C14H14N4OS. The smallest absolute Gasteiger partial charge is 0.174 e. The van der Waals surface area contributed by atoms with Crippen molar-refractivity contribution in [2.45, 2.75) is 19.9 Å². The number of Topliss-reactive ketones (excluding diaryl/α,β-unsaturated/α-hetero) is 1. The maximum Gasteiger partial charge on any atom is 0.174 e. The number of nitrogens with two attached hydrogens (primary N) is 1. The lowest BCUT2D eigenvalue weighted by atomic mass is 10.2. The number of aromatic nitrogens is 1. The van der Waals surface area contributed by atoms with Gasteiger partial charge in [-0.05, 0) is 11.6 Å². The van der Waals surface area contributed by atoms with Crippen molar-refractivity contribution in [1.82, 2.24) is 4.98 Å². The third-order valence-corrected chi connectivity index (χ3v) is 4.01. The number of nitriles is 1. The van der Waals surface area contributed by atoms with E-state index < -0.39 is 0 Å². The van der Waals surface area contributed by atoms with E-state index in [0.29, 0.717) is 28.4 Å². The van der Waals surface area contributed by atoms with Gasteiger partial charge in [0.25, 0.3) is 0 Å². The molecule has 0 bridgehead atoms. The van der Waals surface area contributed by atoms with E-state index in [1.165, 1.54) is 11.3 Å². The van der Waals surface area contributed by atoms with Crippen LogP contribution in [-0.2, 0) is 6.54 Å². The number of hydrogen-bond acceptors (Lipinski definition) is 6. The number of nitrogens with zero attached hydrogens (tertiary/aromatic N) is 2. The Bertz CT molecular complexity index is 658. The monoisotopic (exact) mass is 286 g/mol. The number of anilines is 2. The molecule has 2 aromatic rings. The van der Waals surface area contributed by atoms with Crippen molar-refractivity contribution in [2.75, 3.05) is 11.1 Å². The van der Waals surface area contributed by atoms with Crippen molar-refractivity contribution < 1.29 is 4.79 Å². The minimum absolute atomic E-state index is 0.0431. The number of pyridine rings is 1. The number of thiophene rings is 1. The third-order valence-electron chi connectivity index (χ3n) is 2.81. The number of carbonyl (C=O) groups excluding carboxylic acids is 1. The van der Waals surface area contributed by atoms with Crippen molar-refractivity contribution in [3.05, 3.63) is 40.5 Å². The molecule has 2 rings (SSSR count). The molecule has 0 radical (unpaired) electrons. The van der Waals surface area contributed by atoms with Crippen LogP contribution in [-0.4, -0.2) is 10.8 Å². The first-order chi connectivity index (χ1) is 9.67. The summed E-state index contributed by atoms with van der Waals surface area (Å²) >= 11 is 1.23. The van der Waals surface area contributed by atoms with E-state index in [0.717, 1.165) is 5.56 Å². The highest BCUT2D eigenvalue weighted by molar-refractivity contribution is 7.19. The minimum Gasteiger partial charge on any atom is -0.396 e. The van der Waals surface area contributed by atoms with Crippen molar-refractivity contribution in [3.8, 4) is 6.07 Å². The van der Waals surface area contributed by atoms with Crippen LogP contribution in [0.15, 0.2) is 24.5 Å². The van der Waals surface area contributed by atoms with Gasteiger partial charge >= 0.3 is 0 Å². The van der Waals surface area contributed by atoms with E-state index in [9.17, 15) is 10.1 Å². The van der Waals surface area contributed by atoms with E-state index in [-0.39, 0.29) is 11.5 Å². The number of nitrogen functional groups attached to an aromatic ring is 1. The molecule has 2 heterocycles. The summed E-state index contributed by atoms with van der Waals surface area (Å²) in [6.07, 6.45) is 3.82. The summed E-state index contributed by atoms with van der Waals surface area (Å²) in [5.41, 5.74) is 7.49. The molecule has 5 nitrogen and oxygen atoms in total. The Morgan fingerprint density at radius 1 is 1.60 bits per heavy atom. The van der Waals surface area contributed by atoms with Gasteiger partial charge in [0.05, 0.1) is 10.6 Å². The van der Waals surface area contributed by atoms with Crippen LogP contribution in [0.3, 0.4) is 0 Å². The Morgan fingerprint density at radius 2 is 2.40 bits per heavy atom. The highest BCUT2D eigenvalue weighted by Crippen LogP contribution is 2.36. The van der Waals surface area contributed by atoms with E-state index in [2.05, 4.69) is 16.4 Å². The minimum atomic E-state index is -0.0431. The fourth-order valence-corrected chi connectivity index (χ4v) is 2.81. The van der Waals surface area contributed by atoms with E-state index >= 15 is 0 Å². The molecule has 2 aromatic heterocycles. The molecule has 6 heteroatoms. The first-order valence-corrected chi connectivity index (χ1v) is 6.97. The van der Waals surface area contributed by atoms with Crippen LogP contribution in [0, 0.1) is 11.3 Å². The van der Waals surface area contributed by atoms with Crippen LogP contribution in [0.25, 0.3) is 0 Å². The summed E-state index contributed by atoms with van der Waals surface area (Å²) in [4.78, 5) is 16.3. The fourth-order valence-electron chi connectivity index (χ4n) is 1.73. The molecule has 0 unspecified atom stereocenters. The molecule has 0 fully saturated rings. The highest BCUT2D eigenvalue weighted by atomic mass is 32.1. The predicted octanol–water partition coefficient (Wildman–Crippen LogP) is 2.80. The van der Waals surface area contributed by atoms with Crippen LogP contribution >= 0.6 is 11.3 Å². The molecule has 0 aliphatic carbocycles. The number of rotatable bonds is 5. The van der Waals surface area contributed by atoms with E-state index in [1.807, 2.05) is 12.1 Å². The zero-order chi connectivity index (χ0) is 14.5. The van der Waals surface area contributed by atoms with Crippen molar-refractivity contribution in [3.63, 3.8) is 0 Å². The van der Waals surface area contributed by atoms with Gasteiger partial charge in [-0.2, -0.15) is 5.26 Å². The standard InChI is InChI=1S/C14H14N4OS/c1-2-11(19)13-12(16)10(6-15)14(20-13)18-8-9-4-3-5-17-7-9/h3-5,7,18H,2,8,16H2,1H3. The summed E-state index contributed by atoms with van der Waals surface area (Å²) in [7, 11) is 0. The van der Waals surface area contributed by atoms with Gasteiger partial charge < -0.3 is 11.1 Å². The number of hydrogen-bond donors (Lipinski definition) is 2. The maximum absolute atomic E-state index is 11.8. The molecule has 0 saturated heterocycles. The van der Waals surface area contributed by atoms with Gasteiger partial charge in [0.1, 0.15) is 16.6 Å². The second-order valence-electron chi connectivity index (χ2n) is 4.15. The normalized spacial score (nSPS) is 10.0. The lowest BCUT2D eigenvalue weighted by molar-refractivity contribution is 0.0993. The number of ketones is 1. The number of carbonyl (C=O) groups is 1. The Labute approximate surface area is 121 Å². The molecule has 0 aliphatic rings. The molecule has 3 N–H and O–H groups in total. The Balaban J connectivity index is 2.24. The summed E-state index contributed by atoms with van der Waals surface area (Å²) in [5.74, 6) is -0.0431. The van der Waals surface area contributed by atoms with Crippen LogP contribution in [0.4, 0.5) is 10.7 Å². The van der Waals surface area contributed by atoms with Gasteiger partial charge in [0, 0.05) is 25.4 Å². The van der Waals surface area contributed by atoms with Crippen LogP contribution in [0.5, 0.6) is 0 Å². The van der Waals surface area contributed by atoms with Gasteiger partial charge in [-0.15, -0.1) is 11.3 Å². The fraction of sp³-hybridized carbons (Fsp3) is 0.214. The summed E-state index contributed by atoms with van der Waals surface area (Å²) < 4.78 is 0. The molecular weight excluding hydrogens is 272 g/mol. The van der Waals surface area contributed by atoms with Crippen LogP contribution < -0.4 is 11.1 Å². The first-order valence-electron chi connectivity index (χ1n) is 6.15. The Kier molecular flexibility index (Phi) is 4.33. The summed E-state index contributed by atoms with van der Waals surface area (Å²) in [5, 5.41) is 13.0. The Hall–Kier alpha value is -2.39. The van der Waals surface area contributed by atoms with Crippen molar-refractivity contribution in [2.24, 2.45) is 0 Å². The molecule has 0 amide bonds. The molecule has 0 atom stereocenters. The maximum atomic E-state index is 11.8. The SMILES string of the molecule is CCC(=O)c1sc(NCc2cccnc2)c(C#N)c1N. The van der Waals surface area contributed by atoms with Gasteiger partial charge in [-0.3, -0.25) is 9.78 Å². The molecule has 0 aromatic carbocycles. The van der Waals surface area contributed by atoms with Crippen molar-refractivity contribution >= 4 is 27.8 Å². The molecule has 0 spiro atoms. The average molecular weight is 286 g/mol. The zero-order valence-corrected chi connectivity index (χ0v) is 11.8. The molecule has 0 aliphatic heterocycles. The van der Waals surface area contributed by atoms with E-state index in [1.54, 1.807) is 19.3 Å².